The van der Waals surface area contributed by atoms with Crippen LogP contribution in [-0.4, -0.2) is 101 Å². The summed E-state index contributed by atoms with van der Waals surface area (Å²) in [5, 5.41) is 3.64. The summed E-state index contributed by atoms with van der Waals surface area (Å²) in [4.78, 5) is 19.5. The van der Waals surface area contributed by atoms with Crippen LogP contribution in [0.2, 0.25) is 5.02 Å². The number of rotatable bonds is 18. The van der Waals surface area contributed by atoms with Crippen LogP contribution in [0.15, 0.2) is 117 Å². The normalized spacial score (nSPS) is 16.9. The molecule has 346 valence electrons. The van der Waals surface area contributed by atoms with Gasteiger partial charge in [-0.15, -0.1) is 11.8 Å². The number of hydrogen-bond donors (Lipinski definition) is 2. The Balaban J connectivity index is 1.09. The van der Waals surface area contributed by atoms with Crippen molar-refractivity contribution in [3.63, 3.8) is 0 Å². The summed E-state index contributed by atoms with van der Waals surface area (Å²) in [5.41, 5.74) is 4.98. The van der Waals surface area contributed by atoms with Gasteiger partial charge in [-0.05, 0) is 141 Å². The maximum Gasteiger partial charge on any atom is 0.427 e. The van der Waals surface area contributed by atoms with E-state index < -0.39 is 40.3 Å². The molecule has 0 aromatic heterocycles. The van der Waals surface area contributed by atoms with E-state index in [1.54, 1.807) is 23.9 Å². The molecule has 1 amide bonds. The molecule has 4 aromatic carbocycles. The summed E-state index contributed by atoms with van der Waals surface area (Å²) in [5.74, 6) is -0.271. The molecular formula is C47H57Cl2F2N5O5S3. The van der Waals surface area contributed by atoms with Crippen molar-refractivity contribution in [1.29, 1.82) is 0 Å². The van der Waals surface area contributed by atoms with Crippen molar-refractivity contribution >= 4 is 77.7 Å². The Morgan fingerprint density at radius 1 is 0.922 bits per heavy atom. The maximum absolute atomic E-state index is 14.4. The van der Waals surface area contributed by atoms with E-state index in [9.17, 15) is 30.4 Å². The van der Waals surface area contributed by atoms with Crippen LogP contribution in [-0.2, 0) is 19.9 Å². The summed E-state index contributed by atoms with van der Waals surface area (Å²) < 4.78 is 79.3. The Kier molecular flexibility index (Phi) is 16.2. The third-order valence-corrected chi connectivity index (χ3v) is 17.0. The molecule has 0 saturated carbocycles. The molecule has 0 spiro atoms. The predicted molar refractivity (Wildman–Crippen MR) is 257 cm³/mol. The predicted octanol–water partition coefficient (Wildman–Crippen LogP) is 10.1. The number of benzene rings is 4. The summed E-state index contributed by atoms with van der Waals surface area (Å²) in [6, 6.07) is 27.4. The smallest absolute Gasteiger partial charge is 0.384 e. The number of hydrogen-bond acceptors (Lipinski definition) is 10. The van der Waals surface area contributed by atoms with Crippen LogP contribution in [0.1, 0.15) is 69.3 Å². The minimum absolute atomic E-state index is 0.0130. The summed E-state index contributed by atoms with van der Waals surface area (Å²) in [6.07, 6.45) is 3.68. The average Bonchev–Trinajstić information content (AvgIpc) is 3.25. The molecule has 1 aliphatic heterocycles. The zero-order valence-electron chi connectivity index (χ0n) is 36.8. The average molecular weight is 977 g/mol. The number of alkyl halides is 3. The number of carbonyl (C=O) groups excluding carboxylic acids is 1. The zero-order chi connectivity index (χ0) is 46.5. The van der Waals surface area contributed by atoms with Gasteiger partial charge in [-0.3, -0.25) is 9.69 Å². The van der Waals surface area contributed by atoms with E-state index in [0.29, 0.717) is 18.2 Å². The third kappa shape index (κ3) is 12.6. The topological polar surface area (TPSA) is 119 Å². The fraction of sp³-hybridized carbons (Fsp3) is 0.426. The van der Waals surface area contributed by atoms with Gasteiger partial charge in [-0.2, -0.15) is 8.78 Å². The minimum atomic E-state index is -5.58. The number of sulfone groups is 1. The summed E-state index contributed by atoms with van der Waals surface area (Å²) in [6.45, 7) is 13.0. The standard InChI is InChI=1S/C47H57Cl2F2N5O5S3/c1-33(2)54(5)39(32-62-40-9-7-6-8-10-40)22-24-52-43-20-19-41(29-44(43)63(58,59)47(49,50)51)64(60,61)53-45(57)35-13-17-38(18-14-35)56-27-25-55(26-28-56)31-36-30-46(3,4)23-21-42(36)34-11-15-37(48)16-12-34/h6-20,29,33,39,52H,21-28,30-32H2,1-5H3,(H,53,57). The fourth-order valence-corrected chi connectivity index (χ4v) is 11.7. The van der Waals surface area contributed by atoms with Crippen LogP contribution in [0.3, 0.4) is 0 Å². The fourth-order valence-electron chi connectivity index (χ4n) is 8.13. The number of sulfonamides is 1. The van der Waals surface area contributed by atoms with Gasteiger partial charge in [-0.1, -0.05) is 61.4 Å². The second kappa shape index (κ2) is 20.9. The summed E-state index contributed by atoms with van der Waals surface area (Å²) in [7, 11) is -8.34. The quantitative estimate of drug-likeness (QED) is 0.0737. The highest BCUT2D eigenvalue weighted by molar-refractivity contribution is 7.99. The second-order valence-corrected chi connectivity index (χ2v) is 23.4. The molecule has 4 aromatic rings. The van der Waals surface area contributed by atoms with E-state index in [1.165, 1.54) is 28.8 Å². The van der Waals surface area contributed by atoms with Crippen molar-refractivity contribution in [2.45, 2.75) is 84.9 Å². The molecule has 2 aliphatic rings. The minimum Gasteiger partial charge on any atom is -0.384 e. The number of nitrogens with zero attached hydrogens (tertiary/aromatic N) is 3. The zero-order valence-corrected chi connectivity index (χ0v) is 40.8. The highest BCUT2D eigenvalue weighted by Crippen LogP contribution is 2.43. The van der Waals surface area contributed by atoms with E-state index in [1.807, 2.05) is 68.1 Å². The van der Waals surface area contributed by atoms with Gasteiger partial charge < -0.3 is 15.1 Å². The highest BCUT2D eigenvalue weighted by atomic mass is 35.5. The van der Waals surface area contributed by atoms with Crippen LogP contribution in [0.4, 0.5) is 20.2 Å². The molecule has 0 bridgehead atoms. The lowest BCUT2D eigenvalue weighted by molar-refractivity contribution is 0.0981. The number of amides is 1. The number of halogens is 4. The van der Waals surface area contributed by atoms with Gasteiger partial charge in [0.1, 0.15) is 0 Å². The van der Waals surface area contributed by atoms with Gasteiger partial charge in [0, 0.05) is 78.3 Å². The SMILES string of the molecule is CC(C)N(C)C(CCNc1ccc(S(=O)(=O)NC(=O)c2ccc(N3CCN(CC4=C(c5ccc(Cl)cc5)CCC(C)(C)C4)CC3)cc2)cc1S(=O)(=O)C(F)(F)Cl)CSc1ccccc1. The van der Waals surface area contributed by atoms with E-state index in [0.717, 1.165) is 79.7 Å². The first-order valence-electron chi connectivity index (χ1n) is 21.3. The number of carbonyl (C=O) groups is 1. The van der Waals surface area contributed by atoms with Gasteiger partial charge in [-0.25, -0.2) is 21.6 Å². The van der Waals surface area contributed by atoms with Gasteiger partial charge in [0.2, 0.25) is 0 Å². The van der Waals surface area contributed by atoms with Gasteiger partial charge in [0.25, 0.3) is 25.8 Å². The highest BCUT2D eigenvalue weighted by Gasteiger charge is 2.46. The molecule has 1 fully saturated rings. The van der Waals surface area contributed by atoms with Crippen LogP contribution in [0.25, 0.3) is 5.57 Å². The molecule has 1 heterocycles. The first kappa shape index (κ1) is 49.7. The van der Waals surface area contributed by atoms with Crippen LogP contribution < -0.4 is 14.9 Å². The molecule has 17 heteroatoms. The number of anilines is 2. The maximum atomic E-state index is 14.4. The lowest BCUT2D eigenvalue weighted by Gasteiger charge is -2.39. The molecule has 64 heavy (non-hydrogen) atoms. The molecule has 2 N–H and O–H groups in total. The number of piperazine rings is 1. The number of thioether (sulfide) groups is 1. The van der Waals surface area contributed by atoms with Crippen molar-refractivity contribution in [2.24, 2.45) is 5.41 Å². The first-order chi connectivity index (χ1) is 30.1. The van der Waals surface area contributed by atoms with Gasteiger partial charge in [0.15, 0.2) is 0 Å². The van der Waals surface area contributed by atoms with E-state index >= 15 is 0 Å². The number of allylic oxidation sites excluding steroid dienone is 1. The lowest BCUT2D eigenvalue weighted by Crippen LogP contribution is -2.47. The third-order valence-electron chi connectivity index (χ3n) is 12.1. The van der Waals surface area contributed by atoms with Gasteiger partial charge in [0.05, 0.1) is 15.5 Å². The van der Waals surface area contributed by atoms with E-state index in [-0.39, 0.29) is 35.3 Å². The Hall–Kier alpha value is -3.70. The van der Waals surface area contributed by atoms with Crippen molar-refractivity contribution < 1.29 is 30.4 Å². The Morgan fingerprint density at radius 3 is 2.20 bits per heavy atom. The first-order valence-corrected chi connectivity index (χ1v) is 26.0. The van der Waals surface area contributed by atoms with Crippen molar-refractivity contribution in [3.05, 3.63) is 119 Å². The largest absolute Gasteiger partial charge is 0.427 e. The van der Waals surface area contributed by atoms with Crippen LogP contribution in [0, 0.1) is 5.41 Å². The molecule has 1 unspecified atom stereocenters. The van der Waals surface area contributed by atoms with Crippen molar-refractivity contribution in [2.75, 3.05) is 62.3 Å². The van der Waals surface area contributed by atoms with Crippen molar-refractivity contribution in [3.8, 4) is 0 Å². The molecule has 10 nitrogen and oxygen atoms in total. The molecule has 1 saturated heterocycles. The number of nitrogens with one attached hydrogen (secondary N) is 2. The molecule has 1 aliphatic carbocycles. The molecule has 1 atom stereocenters. The van der Waals surface area contributed by atoms with Crippen LogP contribution >= 0.6 is 35.0 Å². The van der Waals surface area contributed by atoms with E-state index in [2.05, 4.69) is 46.0 Å². The summed E-state index contributed by atoms with van der Waals surface area (Å²) >= 11 is 12.9. The Labute approximate surface area is 391 Å². The van der Waals surface area contributed by atoms with Crippen LogP contribution in [0.5, 0.6) is 0 Å². The molecule has 6 rings (SSSR count). The van der Waals surface area contributed by atoms with Gasteiger partial charge >= 0.3 is 4.71 Å². The Bertz CT molecular complexity index is 2500. The molecule has 0 radical (unpaired) electrons. The van der Waals surface area contributed by atoms with E-state index in [4.69, 9.17) is 23.2 Å². The molecular weight excluding hydrogens is 920 g/mol. The monoisotopic (exact) mass is 975 g/mol. The second-order valence-electron chi connectivity index (χ2n) is 17.5. The van der Waals surface area contributed by atoms with Crippen molar-refractivity contribution in [1.82, 2.24) is 14.5 Å². The lowest BCUT2D eigenvalue weighted by atomic mass is 9.73. The Morgan fingerprint density at radius 2 is 1.58 bits per heavy atom.